The molecule has 0 radical (unpaired) electrons. The molecule has 0 bridgehead atoms. The van der Waals surface area contributed by atoms with Crippen molar-refractivity contribution in [2.24, 2.45) is 0 Å². The molecule has 1 aliphatic heterocycles. The van der Waals surface area contributed by atoms with E-state index in [1.165, 1.54) is 0 Å². The summed E-state index contributed by atoms with van der Waals surface area (Å²) in [7, 11) is 0. The molecule has 0 aliphatic carbocycles. The van der Waals surface area contributed by atoms with E-state index >= 15 is 0 Å². The van der Waals surface area contributed by atoms with Crippen molar-refractivity contribution >= 4 is 23.2 Å². The van der Waals surface area contributed by atoms with Gasteiger partial charge in [-0.2, -0.15) is 15.0 Å². The van der Waals surface area contributed by atoms with E-state index in [1.807, 2.05) is 0 Å². The lowest BCUT2D eigenvalue weighted by Crippen LogP contribution is -2.17. The van der Waals surface area contributed by atoms with Crippen LogP contribution < -0.4 is 4.74 Å². The van der Waals surface area contributed by atoms with Crippen molar-refractivity contribution in [2.45, 2.75) is 12.5 Å². The molecule has 7 heteroatoms. The topological polar surface area (TPSA) is 57.1 Å². The van der Waals surface area contributed by atoms with Crippen LogP contribution in [0, 0.1) is 0 Å². The maximum absolute atomic E-state index is 5.58. The zero-order valence-corrected chi connectivity index (χ0v) is 8.62. The second kappa shape index (κ2) is 4.25. The molecule has 0 amide bonds. The van der Waals surface area contributed by atoms with E-state index in [-0.39, 0.29) is 22.7 Å². The Morgan fingerprint density at radius 3 is 2.50 bits per heavy atom. The second-order valence-corrected chi connectivity index (χ2v) is 3.44. The van der Waals surface area contributed by atoms with Crippen molar-refractivity contribution in [3.05, 3.63) is 10.6 Å². The van der Waals surface area contributed by atoms with Gasteiger partial charge in [-0.1, -0.05) is 0 Å². The van der Waals surface area contributed by atoms with E-state index < -0.39 is 0 Å². The monoisotopic (exact) mass is 235 g/mol. The third-order valence-electron chi connectivity index (χ3n) is 1.72. The fourth-order valence-electron chi connectivity index (χ4n) is 1.12. The molecule has 2 heterocycles. The highest BCUT2D eigenvalue weighted by atomic mass is 35.5. The summed E-state index contributed by atoms with van der Waals surface area (Å²) in [6, 6.07) is 0.144. The Balaban J connectivity index is 2.07. The van der Waals surface area contributed by atoms with Gasteiger partial charge in [-0.25, -0.2) is 0 Å². The number of hydrogen-bond donors (Lipinski definition) is 0. The van der Waals surface area contributed by atoms with E-state index in [0.29, 0.717) is 13.2 Å². The SMILES string of the molecule is Clc1nc(Cl)nc(OC2CCOC2)n1. The molecule has 1 aromatic rings. The number of nitrogens with zero attached hydrogens (tertiary/aromatic N) is 3. The number of aromatic nitrogens is 3. The lowest BCUT2D eigenvalue weighted by Gasteiger charge is -2.08. The largest absolute Gasteiger partial charge is 0.457 e. The Bertz CT molecular complexity index is 310. The molecule has 1 fully saturated rings. The van der Waals surface area contributed by atoms with Gasteiger partial charge >= 0.3 is 6.01 Å². The molecule has 1 atom stereocenters. The average Bonchev–Trinajstić information content (AvgIpc) is 2.54. The van der Waals surface area contributed by atoms with Crippen molar-refractivity contribution in [2.75, 3.05) is 13.2 Å². The molecule has 14 heavy (non-hydrogen) atoms. The van der Waals surface area contributed by atoms with E-state index in [9.17, 15) is 0 Å². The Morgan fingerprint density at radius 2 is 1.93 bits per heavy atom. The van der Waals surface area contributed by atoms with Crippen LogP contribution in [0.3, 0.4) is 0 Å². The Hall–Kier alpha value is -0.650. The summed E-state index contributed by atoms with van der Waals surface area (Å²) in [4.78, 5) is 11.2. The van der Waals surface area contributed by atoms with Crippen LogP contribution in [0.25, 0.3) is 0 Å². The van der Waals surface area contributed by atoms with E-state index in [4.69, 9.17) is 32.7 Å². The van der Waals surface area contributed by atoms with Crippen molar-refractivity contribution in [1.82, 2.24) is 15.0 Å². The van der Waals surface area contributed by atoms with Crippen LogP contribution in [0.2, 0.25) is 10.6 Å². The van der Waals surface area contributed by atoms with E-state index in [2.05, 4.69) is 15.0 Å². The minimum atomic E-state index is -0.0236. The average molecular weight is 236 g/mol. The van der Waals surface area contributed by atoms with Crippen LogP contribution >= 0.6 is 23.2 Å². The summed E-state index contributed by atoms with van der Waals surface area (Å²) in [5.41, 5.74) is 0. The maximum Gasteiger partial charge on any atom is 0.322 e. The van der Waals surface area contributed by atoms with Crippen molar-refractivity contribution in [3.63, 3.8) is 0 Å². The predicted octanol–water partition coefficient (Wildman–Crippen LogP) is 1.35. The Morgan fingerprint density at radius 1 is 1.21 bits per heavy atom. The van der Waals surface area contributed by atoms with Crippen LogP contribution in [0.1, 0.15) is 6.42 Å². The molecular weight excluding hydrogens is 229 g/mol. The van der Waals surface area contributed by atoms with E-state index in [1.54, 1.807) is 0 Å². The molecule has 0 spiro atoms. The van der Waals surface area contributed by atoms with Crippen LogP contribution in [0.4, 0.5) is 0 Å². The highest BCUT2D eigenvalue weighted by molar-refractivity contribution is 6.31. The van der Waals surface area contributed by atoms with Crippen LogP contribution in [-0.2, 0) is 4.74 Å². The van der Waals surface area contributed by atoms with Gasteiger partial charge in [0.15, 0.2) is 0 Å². The minimum Gasteiger partial charge on any atom is -0.457 e. The molecular formula is C7H7Cl2N3O2. The quantitative estimate of drug-likeness (QED) is 0.775. The summed E-state index contributed by atoms with van der Waals surface area (Å²) < 4.78 is 10.5. The highest BCUT2D eigenvalue weighted by Gasteiger charge is 2.19. The third kappa shape index (κ3) is 2.43. The van der Waals surface area contributed by atoms with Gasteiger partial charge in [0.2, 0.25) is 10.6 Å². The normalized spacial score (nSPS) is 21.1. The summed E-state index contributed by atoms with van der Waals surface area (Å²) in [5, 5.41) is 0.0535. The molecule has 0 N–H and O–H groups in total. The van der Waals surface area contributed by atoms with Gasteiger partial charge in [-0.05, 0) is 23.2 Å². The van der Waals surface area contributed by atoms with Gasteiger partial charge in [0.05, 0.1) is 13.2 Å². The summed E-state index contributed by atoms with van der Waals surface area (Å²) in [5.74, 6) is 0. The van der Waals surface area contributed by atoms with Gasteiger partial charge in [0.1, 0.15) is 6.10 Å². The minimum absolute atomic E-state index is 0.0236. The Labute approximate surface area is 90.4 Å². The van der Waals surface area contributed by atoms with Crippen LogP contribution in [0.5, 0.6) is 6.01 Å². The number of rotatable bonds is 2. The lowest BCUT2D eigenvalue weighted by molar-refractivity contribution is 0.134. The molecule has 1 unspecified atom stereocenters. The summed E-state index contributed by atoms with van der Waals surface area (Å²) in [6.07, 6.45) is 0.797. The van der Waals surface area contributed by atoms with Gasteiger partial charge < -0.3 is 9.47 Å². The first-order chi connectivity index (χ1) is 6.74. The van der Waals surface area contributed by atoms with Gasteiger partial charge in [-0.3, -0.25) is 0 Å². The van der Waals surface area contributed by atoms with Gasteiger partial charge in [-0.15, -0.1) is 0 Å². The third-order valence-corrected chi connectivity index (χ3v) is 2.06. The number of halogens is 2. The molecule has 1 aliphatic rings. The highest BCUT2D eigenvalue weighted by Crippen LogP contribution is 2.15. The first-order valence-electron chi connectivity index (χ1n) is 4.05. The fourth-order valence-corrected chi connectivity index (χ4v) is 1.46. The zero-order valence-electron chi connectivity index (χ0n) is 7.11. The first-order valence-corrected chi connectivity index (χ1v) is 4.81. The molecule has 5 nitrogen and oxygen atoms in total. The molecule has 0 aromatic carbocycles. The fraction of sp³-hybridized carbons (Fsp3) is 0.571. The second-order valence-electron chi connectivity index (χ2n) is 2.76. The predicted molar refractivity (Wildman–Crippen MR) is 49.7 cm³/mol. The van der Waals surface area contributed by atoms with Crippen LogP contribution in [0.15, 0.2) is 0 Å². The molecule has 1 aromatic heterocycles. The van der Waals surface area contributed by atoms with Crippen LogP contribution in [-0.4, -0.2) is 34.3 Å². The number of hydrogen-bond acceptors (Lipinski definition) is 5. The van der Waals surface area contributed by atoms with Crippen molar-refractivity contribution < 1.29 is 9.47 Å². The lowest BCUT2D eigenvalue weighted by atomic mass is 10.3. The molecule has 0 saturated carbocycles. The standard InChI is InChI=1S/C7H7Cl2N3O2/c8-5-10-6(9)12-7(11-5)14-4-1-2-13-3-4/h4H,1-3H2. The van der Waals surface area contributed by atoms with Crippen molar-refractivity contribution in [3.8, 4) is 6.01 Å². The Kier molecular flexibility index (Phi) is 3.00. The summed E-state index contributed by atoms with van der Waals surface area (Å²) >= 11 is 11.2. The van der Waals surface area contributed by atoms with Crippen molar-refractivity contribution in [1.29, 1.82) is 0 Å². The molecule has 76 valence electrons. The molecule has 1 saturated heterocycles. The smallest absolute Gasteiger partial charge is 0.322 e. The number of ether oxygens (including phenoxy) is 2. The van der Waals surface area contributed by atoms with Gasteiger partial charge in [0.25, 0.3) is 0 Å². The summed E-state index contributed by atoms with van der Waals surface area (Å²) in [6.45, 7) is 1.23. The maximum atomic E-state index is 5.58. The first kappa shape index (κ1) is 9.89. The van der Waals surface area contributed by atoms with Gasteiger partial charge in [0, 0.05) is 6.42 Å². The zero-order chi connectivity index (χ0) is 9.97. The molecule has 2 rings (SSSR count). The van der Waals surface area contributed by atoms with E-state index in [0.717, 1.165) is 6.42 Å².